The summed E-state index contributed by atoms with van der Waals surface area (Å²) in [5.74, 6) is 0.293. The Balaban J connectivity index is 1.47. The van der Waals surface area contributed by atoms with E-state index >= 15 is 0 Å². The van der Waals surface area contributed by atoms with E-state index in [1.165, 1.54) is 12.1 Å². The molecule has 1 amide bonds. The Morgan fingerprint density at radius 1 is 1.26 bits per heavy atom. The maximum atomic E-state index is 13.3. The fraction of sp³-hybridized carbons (Fsp3) is 0.211. The summed E-state index contributed by atoms with van der Waals surface area (Å²) in [5.41, 5.74) is 1.62. The standard InChI is InChI=1S/C19H14BrClFN3O2/c20-14-4-2-12(3-5-14)18-23-19(27-24-18)13-8-17(26)25(10-13)9-11-1-6-16(22)15(21)7-11/h1-7,13H,8-10H2. The van der Waals surface area contributed by atoms with E-state index in [2.05, 4.69) is 26.1 Å². The van der Waals surface area contributed by atoms with Gasteiger partial charge in [0.25, 0.3) is 0 Å². The Morgan fingerprint density at radius 2 is 2.04 bits per heavy atom. The second kappa shape index (κ2) is 7.40. The summed E-state index contributed by atoms with van der Waals surface area (Å²) >= 11 is 9.21. The van der Waals surface area contributed by atoms with E-state index in [1.807, 2.05) is 24.3 Å². The summed E-state index contributed by atoms with van der Waals surface area (Å²) in [4.78, 5) is 18.5. The van der Waals surface area contributed by atoms with Crippen molar-refractivity contribution in [2.24, 2.45) is 0 Å². The molecule has 2 heterocycles. The topological polar surface area (TPSA) is 59.2 Å². The maximum Gasteiger partial charge on any atom is 0.232 e. The highest BCUT2D eigenvalue weighted by molar-refractivity contribution is 9.10. The van der Waals surface area contributed by atoms with Crippen LogP contribution in [-0.4, -0.2) is 27.5 Å². The maximum absolute atomic E-state index is 13.3. The number of halogens is 3. The highest BCUT2D eigenvalue weighted by Crippen LogP contribution is 2.30. The van der Waals surface area contributed by atoms with Gasteiger partial charge in [-0.05, 0) is 42.0 Å². The molecular weight excluding hydrogens is 437 g/mol. The molecule has 8 heteroatoms. The summed E-state index contributed by atoms with van der Waals surface area (Å²) in [6, 6.07) is 12.1. The van der Waals surface area contributed by atoms with Crippen molar-refractivity contribution in [2.45, 2.75) is 18.9 Å². The molecule has 0 spiro atoms. The van der Waals surface area contributed by atoms with Crippen molar-refractivity contribution < 1.29 is 13.7 Å². The van der Waals surface area contributed by atoms with Gasteiger partial charge in [0.1, 0.15) is 5.82 Å². The molecule has 1 fully saturated rings. The van der Waals surface area contributed by atoms with Gasteiger partial charge in [0.15, 0.2) is 0 Å². The highest BCUT2D eigenvalue weighted by atomic mass is 79.9. The monoisotopic (exact) mass is 449 g/mol. The number of benzene rings is 2. The first-order valence-electron chi connectivity index (χ1n) is 8.31. The van der Waals surface area contributed by atoms with Gasteiger partial charge >= 0.3 is 0 Å². The fourth-order valence-electron chi connectivity index (χ4n) is 3.07. The molecule has 2 aromatic carbocycles. The van der Waals surface area contributed by atoms with E-state index < -0.39 is 5.82 Å². The Kier molecular flexibility index (Phi) is 4.97. The smallest absolute Gasteiger partial charge is 0.232 e. The zero-order chi connectivity index (χ0) is 19.0. The number of carbonyl (C=O) groups excluding carboxylic acids is 1. The minimum Gasteiger partial charge on any atom is -0.339 e. The normalized spacial score (nSPS) is 16.9. The number of carbonyl (C=O) groups is 1. The number of likely N-dealkylation sites (tertiary alicyclic amines) is 1. The molecule has 5 nitrogen and oxygen atoms in total. The number of amides is 1. The number of hydrogen-bond acceptors (Lipinski definition) is 4. The average Bonchev–Trinajstić information content (AvgIpc) is 3.26. The van der Waals surface area contributed by atoms with Crippen LogP contribution in [-0.2, 0) is 11.3 Å². The van der Waals surface area contributed by atoms with Crippen LogP contribution in [0.25, 0.3) is 11.4 Å². The number of nitrogens with zero attached hydrogens (tertiary/aromatic N) is 3. The van der Waals surface area contributed by atoms with Crippen molar-refractivity contribution in [3.63, 3.8) is 0 Å². The molecule has 3 aromatic rings. The van der Waals surface area contributed by atoms with E-state index in [-0.39, 0.29) is 16.8 Å². The first kappa shape index (κ1) is 18.1. The zero-order valence-electron chi connectivity index (χ0n) is 14.0. The second-order valence-electron chi connectivity index (χ2n) is 6.39. The van der Waals surface area contributed by atoms with Crippen LogP contribution >= 0.6 is 27.5 Å². The minimum atomic E-state index is -0.475. The van der Waals surface area contributed by atoms with E-state index in [0.717, 1.165) is 15.6 Å². The van der Waals surface area contributed by atoms with Gasteiger partial charge in [-0.3, -0.25) is 4.79 Å². The van der Waals surface area contributed by atoms with Crippen LogP contribution in [0.3, 0.4) is 0 Å². The molecule has 1 aromatic heterocycles. The van der Waals surface area contributed by atoms with Crippen LogP contribution in [0, 0.1) is 5.82 Å². The fourth-order valence-corrected chi connectivity index (χ4v) is 3.53. The lowest BCUT2D eigenvalue weighted by molar-refractivity contribution is -0.128. The SMILES string of the molecule is O=C1CC(c2nc(-c3ccc(Br)cc3)no2)CN1Cc1ccc(F)c(Cl)c1. The summed E-state index contributed by atoms with van der Waals surface area (Å²) in [7, 11) is 0. The van der Waals surface area contributed by atoms with Crippen LogP contribution in [0.5, 0.6) is 0 Å². The molecule has 4 rings (SSSR count). The molecule has 1 aliphatic rings. The van der Waals surface area contributed by atoms with Gasteiger partial charge in [0.05, 0.1) is 10.9 Å². The van der Waals surface area contributed by atoms with Crippen molar-refractivity contribution in [1.29, 1.82) is 0 Å². The lowest BCUT2D eigenvalue weighted by Crippen LogP contribution is -2.24. The van der Waals surface area contributed by atoms with Gasteiger partial charge in [-0.15, -0.1) is 0 Å². The second-order valence-corrected chi connectivity index (χ2v) is 7.71. The molecule has 1 atom stereocenters. The van der Waals surface area contributed by atoms with Crippen LogP contribution in [0.2, 0.25) is 5.02 Å². The summed E-state index contributed by atoms with van der Waals surface area (Å²) in [5, 5.41) is 4.07. The molecule has 1 saturated heterocycles. The lowest BCUT2D eigenvalue weighted by Gasteiger charge is -2.16. The third kappa shape index (κ3) is 3.89. The summed E-state index contributed by atoms with van der Waals surface area (Å²) < 4.78 is 19.7. The average molecular weight is 451 g/mol. The predicted octanol–water partition coefficient (Wildman–Crippen LogP) is 4.81. The third-order valence-corrected chi connectivity index (χ3v) is 5.28. The molecular formula is C19H14BrClFN3O2. The highest BCUT2D eigenvalue weighted by Gasteiger charge is 2.34. The van der Waals surface area contributed by atoms with Crippen molar-refractivity contribution >= 4 is 33.4 Å². The van der Waals surface area contributed by atoms with Crippen molar-refractivity contribution in [2.75, 3.05) is 6.54 Å². The van der Waals surface area contributed by atoms with E-state index in [1.54, 1.807) is 11.0 Å². The first-order valence-corrected chi connectivity index (χ1v) is 9.48. The number of hydrogen-bond donors (Lipinski definition) is 0. The van der Waals surface area contributed by atoms with Gasteiger partial charge in [-0.25, -0.2) is 4.39 Å². The predicted molar refractivity (Wildman–Crippen MR) is 102 cm³/mol. The van der Waals surface area contributed by atoms with Gasteiger partial charge < -0.3 is 9.42 Å². The molecule has 0 bridgehead atoms. The van der Waals surface area contributed by atoms with Crippen LogP contribution in [0.15, 0.2) is 51.5 Å². The number of aromatic nitrogens is 2. The summed E-state index contributed by atoms with van der Waals surface area (Å²) in [6.07, 6.45) is 0.302. The first-order chi connectivity index (χ1) is 13.0. The lowest BCUT2D eigenvalue weighted by atomic mass is 10.1. The van der Waals surface area contributed by atoms with Gasteiger partial charge in [0, 0.05) is 29.5 Å². The van der Waals surface area contributed by atoms with Crippen molar-refractivity contribution in [3.8, 4) is 11.4 Å². The molecule has 0 saturated carbocycles. The summed E-state index contributed by atoms with van der Waals surface area (Å²) in [6.45, 7) is 0.832. The van der Waals surface area contributed by atoms with Gasteiger partial charge in [-0.2, -0.15) is 4.98 Å². The molecule has 0 radical (unpaired) electrons. The molecule has 1 aliphatic heterocycles. The van der Waals surface area contributed by atoms with Crippen LogP contribution in [0.4, 0.5) is 4.39 Å². The van der Waals surface area contributed by atoms with Crippen LogP contribution in [0.1, 0.15) is 23.8 Å². The Labute approximate surface area is 168 Å². The third-order valence-electron chi connectivity index (χ3n) is 4.47. The zero-order valence-corrected chi connectivity index (χ0v) is 16.4. The Bertz CT molecular complexity index is 993. The molecule has 0 N–H and O–H groups in total. The Hall–Kier alpha value is -2.25. The van der Waals surface area contributed by atoms with Gasteiger partial charge in [-0.1, -0.05) is 38.8 Å². The number of rotatable bonds is 4. The quantitative estimate of drug-likeness (QED) is 0.572. The van der Waals surface area contributed by atoms with E-state index in [9.17, 15) is 9.18 Å². The van der Waals surface area contributed by atoms with Crippen molar-refractivity contribution in [1.82, 2.24) is 15.0 Å². The Morgan fingerprint density at radius 3 is 2.78 bits per heavy atom. The molecule has 138 valence electrons. The largest absolute Gasteiger partial charge is 0.339 e. The molecule has 27 heavy (non-hydrogen) atoms. The van der Waals surface area contributed by atoms with Crippen LogP contribution < -0.4 is 0 Å². The molecule has 1 unspecified atom stereocenters. The minimum absolute atomic E-state index is 0.0103. The van der Waals surface area contributed by atoms with E-state index in [0.29, 0.717) is 31.2 Å². The van der Waals surface area contributed by atoms with Gasteiger partial charge in [0.2, 0.25) is 17.6 Å². The molecule has 0 aliphatic carbocycles. The van der Waals surface area contributed by atoms with E-state index in [4.69, 9.17) is 16.1 Å². The van der Waals surface area contributed by atoms with Crippen molar-refractivity contribution in [3.05, 3.63) is 69.2 Å².